The fraction of sp³-hybridized carbons (Fsp3) is 0.600. The van der Waals surface area contributed by atoms with Crippen LogP contribution in [-0.4, -0.2) is 24.0 Å². The van der Waals surface area contributed by atoms with Crippen LogP contribution in [0.25, 0.3) is 0 Å². The number of carbonyl (C=O) groups is 2. The molecule has 1 aromatic heterocycles. The lowest BCUT2D eigenvalue weighted by Gasteiger charge is -2.12. The number of aryl methyl sites for hydroxylation is 2. The van der Waals surface area contributed by atoms with E-state index in [-0.39, 0.29) is 11.9 Å². The van der Waals surface area contributed by atoms with E-state index in [0.29, 0.717) is 4.88 Å². The van der Waals surface area contributed by atoms with Gasteiger partial charge in [0.05, 0.1) is 0 Å². The Kier molecular flexibility index (Phi) is 4.81. The minimum Gasteiger partial charge on any atom is -0.448 e. The van der Waals surface area contributed by atoms with E-state index < -0.39 is 12.1 Å². The minimum atomic E-state index is -0.736. The van der Waals surface area contributed by atoms with Gasteiger partial charge in [-0.15, -0.1) is 11.3 Å². The number of nitrogens with one attached hydrogen (secondary N) is 1. The predicted octanol–water partition coefficient (Wildman–Crippen LogP) is 2.83. The van der Waals surface area contributed by atoms with Gasteiger partial charge in [0.15, 0.2) is 6.10 Å². The van der Waals surface area contributed by atoms with Gasteiger partial charge in [-0.1, -0.05) is 13.3 Å². The average Bonchev–Trinajstić information content (AvgIpc) is 3.13. The first-order valence-corrected chi connectivity index (χ1v) is 7.93. The van der Waals surface area contributed by atoms with E-state index in [9.17, 15) is 9.59 Å². The van der Waals surface area contributed by atoms with Gasteiger partial charge in [-0.3, -0.25) is 4.79 Å². The Balaban J connectivity index is 1.92. The normalized spacial score (nSPS) is 15.8. The Labute approximate surface area is 123 Å². The molecule has 1 N–H and O–H groups in total. The molecule has 1 atom stereocenters. The van der Waals surface area contributed by atoms with Crippen molar-refractivity contribution in [2.24, 2.45) is 0 Å². The second-order valence-electron chi connectivity index (χ2n) is 5.27. The standard InChI is InChI=1S/C15H21NO3S/c1-4-5-11-8-13(20-10(11)3)15(18)19-9(2)14(17)16-12-6-7-12/h8-9,12H,4-7H2,1-3H3,(H,16,17)/t9-/m0/s1. The third kappa shape index (κ3) is 3.82. The van der Waals surface area contributed by atoms with Crippen molar-refractivity contribution in [1.82, 2.24) is 5.32 Å². The van der Waals surface area contributed by atoms with E-state index in [1.54, 1.807) is 6.92 Å². The summed E-state index contributed by atoms with van der Waals surface area (Å²) < 4.78 is 5.23. The van der Waals surface area contributed by atoms with Gasteiger partial charge in [0, 0.05) is 10.9 Å². The predicted molar refractivity (Wildman–Crippen MR) is 79.1 cm³/mol. The van der Waals surface area contributed by atoms with Gasteiger partial charge in [-0.2, -0.15) is 0 Å². The van der Waals surface area contributed by atoms with Crippen molar-refractivity contribution < 1.29 is 14.3 Å². The zero-order valence-corrected chi connectivity index (χ0v) is 13.0. The van der Waals surface area contributed by atoms with Crippen LogP contribution < -0.4 is 5.32 Å². The number of amides is 1. The van der Waals surface area contributed by atoms with Gasteiger partial charge in [-0.05, 0) is 44.7 Å². The van der Waals surface area contributed by atoms with E-state index in [2.05, 4.69) is 12.2 Å². The van der Waals surface area contributed by atoms with Crippen LogP contribution in [0, 0.1) is 6.92 Å². The van der Waals surface area contributed by atoms with Gasteiger partial charge in [-0.25, -0.2) is 4.79 Å². The molecule has 0 aliphatic heterocycles. The molecule has 0 aromatic carbocycles. The number of esters is 1. The zero-order valence-electron chi connectivity index (χ0n) is 12.2. The second kappa shape index (κ2) is 6.39. The number of hydrogen-bond acceptors (Lipinski definition) is 4. The highest BCUT2D eigenvalue weighted by molar-refractivity contribution is 7.14. The molecular formula is C15H21NO3S. The maximum atomic E-state index is 12.0. The quantitative estimate of drug-likeness (QED) is 0.821. The largest absolute Gasteiger partial charge is 0.448 e. The van der Waals surface area contributed by atoms with Crippen LogP contribution in [-0.2, 0) is 16.0 Å². The maximum Gasteiger partial charge on any atom is 0.349 e. The highest BCUT2D eigenvalue weighted by Gasteiger charge is 2.27. The molecule has 1 aliphatic rings. The molecule has 1 fully saturated rings. The Morgan fingerprint density at radius 3 is 2.80 bits per heavy atom. The molecule has 1 heterocycles. The molecule has 4 nitrogen and oxygen atoms in total. The number of thiophene rings is 1. The molecule has 0 spiro atoms. The van der Waals surface area contributed by atoms with Crippen molar-refractivity contribution in [3.05, 3.63) is 21.4 Å². The number of carbonyl (C=O) groups excluding carboxylic acids is 2. The SMILES string of the molecule is CCCc1cc(C(=O)O[C@@H](C)C(=O)NC2CC2)sc1C. The van der Waals surface area contributed by atoms with Crippen molar-refractivity contribution in [2.75, 3.05) is 0 Å². The molecule has 5 heteroatoms. The fourth-order valence-corrected chi connectivity index (χ4v) is 2.91. The van der Waals surface area contributed by atoms with Crippen LogP contribution in [0.3, 0.4) is 0 Å². The molecule has 110 valence electrons. The molecule has 0 bridgehead atoms. The third-order valence-corrected chi connectivity index (χ3v) is 4.39. The maximum absolute atomic E-state index is 12.0. The van der Waals surface area contributed by atoms with Gasteiger partial charge in [0.25, 0.3) is 5.91 Å². The first kappa shape index (κ1) is 15.0. The van der Waals surface area contributed by atoms with E-state index in [1.807, 2.05) is 13.0 Å². The number of hydrogen-bond donors (Lipinski definition) is 1. The highest BCUT2D eigenvalue weighted by atomic mass is 32.1. The van der Waals surface area contributed by atoms with Gasteiger partial charge < -0.3 is 10.1 Å². The monoisotopic (exact) mass is 295 g/mol. The van der Waals surface area contributed by atoms with E-state index in [0.717, 1.165) is 30.6 Å². The summed E-state index contributed by atoms with van der Waals surface area (Å²) in [6.45, 7) is 5.73. The molecule has 1 aliphatic carbocycles. The Morgan fingerprint density at radius 2 is 2.20 bits per heavy atom. The van der Waals surface area contributed by atoms with E-state index >= 15 is 0 Å². The molecular weight excluding hydrogens is 274 g/mol. The zero-order chi connectivity index (χ0) is 14.7. The first-order valence-electron chi connectivity index (χ1n) is 7.12. The summed E-state index contributed by atoms with van der Waals surface area (Å²) in [5, 5.41) is 2.83. The van der Waals surface area contributed by atoms with Crippen LogP contribution >= 0.6 is 11.3 Å². The van der Waals surface area contributed by atoms with E-state index in [1.165, 1.54) is 16.9 Å². The summed E-state index contributed by atoms with van der Waals surface area (Å²) in [7, 11) is 0. The Morgan fingerprint density at radius 1 is 1.50 bits per heavy atom. The molecule has 1 saturated carbocycles. The first-order chi connectivity index (χ1) is 9.51. The lowest BCUT2D eigenvalue weighted by Crippen LogP contribution is -2.36. The minimum absolute atomic E-state index is 0.206. The molecule has 1 aromatic rings. The van der Waals surface area contributed by atoms with Crippen molar-refractivity contribution in [3.8, 4) is 0 Å². The van der Waals surface area contributed by atoms with Crippen LogP contribution in [0.1, 0.15) is 53.2 Å². The summed E-state index contributed by atoms with van der Waals surface area (Å²) in [6.07, 6.45) is 3.33. The van der Waals surface area contributed by atoms with Gasteiger partial charge >= 0.3 is 5.97 Å². The molecule has 0 saturated heterocycles. The van der Waals surface area contributed by atoms with Crippen LogP contribution in [0.4, 0.5) is 0 Å². The fourth-order valence-electron chi connectivity index (χ4n) is 1.96. The summed E-state index contributed by atoms with van der Waals surface area (Å²) in [6, 6.07) is 2.17. The average molecular weight is 295 g/mol. The van der Waals surface area contributed by atoms with Crippen LogP contribution in [0.2, 0.25) is 0 Å². The lowest BCUT2D eigenvalue weighted by atomic mass is 10.1. The molecule has 2 rings (SSSR count). The van der Waals surface area contributed by atoms with Crippen LogP contribution in [0.15, 0.2) is 6.07 Å². The second-order valence-corrected chi connectivity index (χ2v) is 6.53. The summed E-state index contributed by atoms with van der Waals surface area (Å²) >= 11 is 1.44. The molecule has 1 amide bonds. The van der Waals surface area contributed by atoms with Crippen LogP contribution in [0.5, 0.6) is 0 Å². The number of ether oxygens (including phenoxy) is 1. The van der Waals surface area contributed by atoms with Gasteiger partial charge in [0.2, 0.25) is 0 Å². The van der Waals surface area contributed by atoms with Crippen molar-refractivity contribution in [3.63, 3.8) is 0 Å². The molecule has 0 unspecified atom stereocenters. The highest BCUT2D eigenvalue weighted by Crippen LogP contribution is 2.24. The van der Waals surface area contributed by atoms with E-state index in [4.69, 9.17) is 4.74 Å². The lowest BCUT2D eigenvalue weighted by molar-refractivity contribution is -0.129. The van der Waals surface area contributed by atoms with Crippen molar-refractivity contribution in [1.29, 1.82) is 0 Å². The van der Waals surface area contributed by atoms with Crippen molar-refractivity contribution >= 4 is 23.2 Å². The Bertz CT molecular complexity index is 505. The molecule has 20 heavy (non-hydrogen) atoms. The van der Waals surface area contributed by atoms with Gasteiger partial charge in [0.1, 0.15) is 4.88 Å². The summed E-state index contributed by atoms with van der Waals surface area (Å²) in [4.78, 5) is 25.5. The Hall–Kier alpha value is -1.36. The summed E-state index contributed by atoms with van der Waals surface area (Å²) in [5.41, 5.74) is 1.19. The smallest absolute Gasteiger partial charge is 0.349 e. The van der Waals surface area contributed by atoms with Crippen molar-refractivity contribution in [2.45, 2.75) is 58.6 Å². The molecule has 0 radical (unpaired) electrons. The third-order valence-electron chi connectivity index (χ3n) is 3.32. The number of rotatable bonds is 6. The topological polar surface area (TPSA) is 55.4 Å². The summed E-state index contributed by atoms with van der Waals surface area (Å²) in [5.74, 6) is -0.609.